The van der Waals surface area contributed by atoms with Gasteiger partial charge in [-0.1, -0.05) is 19.1 Å². The molecule has 0 aromatic rings. The third kappa shape index (κ3) is 8.12. The van der Waals surface area contributed by atoms with Gasteiger partial charge in [-0.15, -0.1) is 0 Å². The Bertz CT molecular complexity index is 534. The van der Waals surface area contributed by atoms with E-state index in [0.717, 1.165) is 0 Å². The van der Waals surface area contributed by atoms with Crippen molar-refractivity contribution in [3.8, 4) is 0 Å². The normalized spacial score (nSPS) is 17.6. The van der Waals surface area contributed by atoms with Crippen LogP contribution in [0.15, 0.2) is 24.3 Å². The molecule has 3 amide bonds. The zero-order valence-corrected chi connectivity index (χ0v) is 15.7. The van der Waals surface area contributed by atoms with E-state index in [9.17, 15) is 14.4 Å². The molecule has 6 nitrogen and oxygen atoms in total. The van der Waals surface area contributed by atoms with Gasteiger partial charge < -0.3 is 10.1 Å². The number of amides is 3. The van der Waals surface area contributed by atoms with E-state index >= 15 is 0 Å². The number of hydrogen-bond donors (Lipinski definition) is 1. The quantitative estimate of drug-likeness (QED) is 0.393. The van der Waals surface area contributed by atoms with Crippen LogP contribution < -0.4 is 5.32 Å². The lowest BCUT2D eigenvalue weighted by atomic mass is 9.83. The summed E-state index contributed by atoms with van der Waals surface area (Å²) in [7, 11) is 0. The zero-order valence-electron chi connectivity index (χ0n) is 15.7. The number of allylic oxidation sites excluding steroid dienone is 1. The van der Waals surface area contributed by atoms with Crippen LogP contribution in [-0.4, -0.2) is 48.4 Å². The molecule has 0 bridgehead atoms. The minimum Gasteiger partial charge on any atom is -0.376 e. The van der Waals surface area contributed by atoms with Gasteiger partial charge in [-0.05, 0) is 51.5 Å². The van der Waals surface area contributed by atoms with Crippen LogP contribution in [0.1, 0.15) is 47.0 Å². The Kier molecular flexibility index (Phi) is 8.03. The van der Waals surface area contributed by atoms with Crippen molar-refractivity contribution in [3.63, 3.8) is 0 Å². The second kappa shape index (κ2) is 9.51. The molecular weight excluding hydrogens is 320 g/mol. The van der Waals surface area contributed by atoms with Gasteiger partial charge in [-0.25, -0.2) is 0 Å². The van der Waals surface area contributed by atoms with Gasteiger partial charge >= 0.3 is 0 Å². The molecule has 1 unspecified atom stereocenters. The summed E-state index contributed by atoms with van der Waals surface area (Å²) in [4.78, 5) is 35.8. The van der Waals surface area contributed by atoms with E-state index in [1.54, 1.807) is 6.08 Å². The van der Waals surface area contributed by atoms with Gasteiger partial charge in [0, 0.05) is 25.8 Å². The van der Waals surface area contributed by atoms with Crippen LogP contribution >= 0.6 is 0 Å². The molecule has 25 heavy (non-hydrogen) atoms. The number of nitrogens with one attached hydrogen (secondary N) is 1. The molecule has 0 aromatic carbocycles. The number of carbonyl (C=O) groups excluding carboxylic acids is 3. The van der Waals surface area contributed by atoms with Crippen molar-refractivity contribution in [2.24, 2.45) is 5.41 Å². The molecule has 0 aliphatic carbocycles. The summed E-state index contributed by atoms with van der Waals surface area (Å²) < 4.78 is 5.79. The lowest BCUT2D eigenvalue weighted by molar-refractivity contribution is -0.139. The summed E-state index contributed by atoms with van der Waals surface area (Å²) in [6, 6.07) is 0. The van der Waals surface area contributed by atoms with Crippen molar-refractivity contribution in [1.82, 2.24) is 10.2 Å². The lowest BCUT2D eigenvalue weighted by Gasteiger charge is -2.29. The van der Waals surface area contributed by atoms with E-state index in [0.29, 0.717) is 45.4 Å². The molecule has 1 aliphatic heterocycles. The number of ether oxygens (including phenoxy) is 1. The fourth-order valence-corrected chi connectivity index (χ4v) is 2.47. The summed E-state index contributed by atoms with van der Waals surface area (Å²) in [6.45, 7) is 9.47. The Morgan fingerprint density at radius 3 is 2.64 bits per heavy atom. The highest BCUT2D eigenvalue weighted by Crippen LogP contribution is 2.28. The van der Waals surface area contributed by atoms with Gasteiger partial charge in [0.15, 0.2) is 0 Å². The number of nitrogens with zero attached hydrogens (tertiary/aromatic N) is 1. The van der Waals surface area contributed by atoms with Crippen molar-refractivity contribution >= 4 is 18.2 Å². The Labute approximate surface area is 150 Å². The van der Waals surface area contributed by atoms with Gasteiger partial charge in [-0.2, -0.15) is 0 Å². The second-order valence-corrected chi connectivity index (χ2v) is 7.54. The number of rotatable bonds is 9. The number of hydrogen-bond acceptors (Lipinski definition) is 4. The summed E-state index contributed by atoms with van der Waals surface area (Å²) in [6.07, 6.45) is 9.24. The smallest absolute Gasteiger partial charge is 0.253 e. The maximum Gasteiger partial charge on any atom is 0.253 e. The molecule has 0 saturated carbocycles. The molecule has 140 valence electrons. The van der Waals surface area contributed by atoms with Crippen molar-refractivity contribution in [2.45, 2.75) is 52.6 Å². The molecule has 0 saturated heterocycles. The van der Waals surface area contributed by atoms with Crippen molar-refractivity contribution < 1.29 is 19.1 Å². The van der Waals surface area contributed by atoms with Crippen molar-refractivity contribution in [1.29, 1.82) is 0 Å². The predicted octanol–water partition coefficient (Wildman–Crippen LogP) is 2.21. The van der Waals surface area contributed by atoms with Crippen molar-refractivity contribution in [3.05, 3.63) is 24.3 Å². The third-order valence-electron chi connectivity index (χ3n) is 4.07. The largest absolute Gasteiger partial charge is 0.376 e. The van der Waals surface area contributed by atoms with E-state index in [-0.39, 0.29) is 22.8 Å². The Hall–Kier alpha value is -1.95. The summed E-state index contributed by atoms with van der Waals surface area (Å²) in [5.41, 5.74) is -0.542. The minimum atomic E-state index is -0.314. The SMILES string of the molecule is CC(/C=C/C(=O)N1CCC=CC1=O)(CCNC=O)CCOC(C)(C)C. The van der Waals surface area contributed by atoms with E-state index in [1.165, 1.54) is 17.1 Å². The third-order valence-corrected chi connectivity index (χ3v) is 4.07. The van der Waals surface area contributed by atoms with Crippen LogP contribution in [0.5, 0.6) is 0 Å². The first-order valence-corrected chi connectivity index (χ1v) is 8.69. The first-order valence-electron chi connectivity index (χ1n) is 8.69. The number of carbonyl (C=O) groups is 3. The van der Waals surface area contributed by atoms with Crippen molar-refractivity contribution in [2.75, 3.05) is 19.7 Å². The van der Waals surface area contributed by atoms with Crippen LogP contribution in [0.25, 0.3) is 0 Å². The van der Waals surface area contributed by atoms with Crippen LogP contribution in [0.3, 0.4) is 0 Å². The molecule has 0 aromatic heterocycles. The highest BCUT2D eigenvalue weighted by molar-refractivity contribution is 6.05. The van der Waals surface area contributed by atoms with Gasteiger partial charge in [0.05, 0.1) is 5.60 Å². The Morgan fingerprint density at radius 1 is 1.32 bits per heavy atom. The summed E-state index contributed by atoms with van der Waals surface area (Å²) >= 11 is 0. The summed E-state index contributed by atoms with van der Waals surface area (Å²) in [5.74, 6) is -0.582. The Balaban J connectivity index is 2.72. The average molecular weight is 350 g/mol. The highest BCUT2D eigenvalue weighted by atomic mass is 16.5. The minimum absolute atomic E-state index is 0.228. The molecule has 1 heterocycles. The fourth-order valence-electron chi connectivity index (χ4n) is 2.47. The summed E-state index contributed by atoms with van der Waals surface area (Å²) in [5, 5.41) is 2.65. The molecule has 1 aliphatic rings. The Morgan fingerprint density at radius 2 is 2.04 bits per heavy atom. The molecule has 1 rings (SSSR count). The van der Waals surface area contributed by atoms with Crippen LogP contribution in [0.4, 0.5) is 0 Å². The second-order valence-electron chi connectivity index (χ2n) is 7.54. The monoisotopic (exact) mass is 350 g/mol. The van der Waals surface area contributed by atoms with Crippen LogP contribution in [0.2, 0.25) is 0 Å². The average Bonchev–Trinajstić information content (AvgIpc) is 2.52. The van der Waals surface area contributed by atoms with E-state index in [4.69, 9.17) is 4.74 Å². The zero-order chi connectivity index (χ0) is 18.9. The molecule has 0 spiro atoms. The van der Waals surface area contributed by atoms with Gasteiger partial charge in [-0.3, -0.25) is 19.3 Å². The molecule has 1 atom stereocenters. The van der Waals surface area contributed by atoms with E-state index < -0.39 is 0 Å². The van der Waals surface area contributed by atoms with E-state index in [1.807, 2.05) is 33.8 Å². The first kappa shape index (κ1) is 21.1. The lowest BCUT2D eigenvalue weighted by Crippen LogP contribution is -2.37. The molecule has 6 heteroatoms. The van der Waals surface area contributed by atoms with Crippen LogP contribution in [-0.2, 0) is 19.1 Å². The topological polar surface area (TPSA) is 75.7 Å². The van der Waals surface area contributed by atoms with Gasteiger partial charge in [0.25, 0.3) is 11.8 Å². The van der Waals surface area contributed by atoms with E-state index in [2.05, 4.69) is 5.32 Å². The molecule has 0 radical (unpaired) electrons. The fraction of sp³-hybridized carbons (Fsp3) is 0.632. The predicted molar refractivity (Wildman–Crippen MR) is 96.7 cm³/mol. The van der Waals surface area contributed by atoms with Gasteiger partial charge in [0.2, 0.25) is 6.41 Å². The standard InChI is InChI=1S/C19H30N2O4/c1-18(2,3)25-14-11-19(4,10-12-20-15-22)9-8-17(24)21-13-6-5-7-16(21)23/h5,7-9,15H,6,10-14H2,1-4H3,(H,20,22)/b9-8+. The maximum absolute atomic E-state index is 12.3. The molecular formula is C19H30N2O4. The van der Waals surface area contributed by atoms with Gasteiger partial charge in [0.1, 0.15) is 0 Å². The van der Waals surface area contributed by atoms with Crippen LogP contribution in [0, 0.1) is 5.41 Å². The first-order chi connectivity index (χ1) is 11.7. The molecule has 1 N–H and O–H groups in total. The molecule has 0 fully saturated rings. The maximum atomic E-state index is 12.3. The highest BCUT2D eigenvalue weighted by Gasteiger charge is 2.24. The number of imide groups is 1.